The Bertz CT molecular complexity index is 591. The van der Waals surface area contributed by atoms with E-state index in [0.717, 1.165) is 26.2 Å². The maximum Gasteiger partial charge on any atom is 0.247 e. The molecule has 0 bridgehead atoms. The molecule has 0 aromatic carbocycles. The third-order valence-electron chi connectivity index (χ3n) is 4.28. The van der Waals surface area contributed by atoms with Crippen molar-refractivity contribution in [1.82, 2.24) is 24.8 Å². The Labute approximate surface area is 142 Å². The minimum absolute atomic E-state index is 0.00499. The molecule has 0 spiro atoms. The highest BCUT2D eigenvalue weighted by atomic mass is 16.2. The molecular weight excluding hydrogens is 308 g/mol. The number of nitrogens with zero attached hydrogens (tertiary/aromatic N) is 6. The Balaban J connectivity index is 1.94. The predicted octanol–water partition coefficient (Wildman–Crippen LogP) is -0.445. The topological polar surface area (TPSA) is 119 Å². The van der Waals surface area contributed by atoms with Crippen LogP contribution in [-0.2, 0) is 11.3 Å². The van der Waals surface area contributed by atoms with Gasteiger partial charge in [0.1, 0.15) is 11.7 Å². The summed E-state index contributed by atoms with van der Waals surface area (Å²) in [7, 11) is 0. The largest absolute Gasteiger partial charge is 0.370 e. The van der Waals surface area contributed by atoms with Crippen molar-refractivity contribution in [2.24, 2.45) is 16.5 Å². The summed E-state index contributed by atoms with van der Waals surface area (Å²) in [6.45, 7) is 11.9. The van der Waals surface area contributed by atoms with E-state index in [9.17, 15) is 4.79 Å². The molecule has 4 N–H and O–H groups in total. The minimum Gasteiger partial charge on any atom is -0.370 e. The number of hydrogen-bond acceptors (Lipinski definition) is 5. The van der Waals surface area contributed by atoms with Crippen LogP contribution in [0.1, 0.15) is 39.4 Å². The first kappa shape index (κ1) is 18.2. The lowest BCUT2D eigenvalue weighted by atomic mass is 10.0. The van der Waals surface area contributed by atoms with Gasteiger partial charge in [-0.25, -0.2) is 9.67 Å². The van der Waals surface area contributed by atoms with Crippen LogP contribution in [0.15, 0.2) is 11.2 Å². The summed E-state index contributed by atoms with van der Waals surface area (Å²) in [4.78, 5) is 20.9. The molecule has 1 aliphatic rings. The van der Waals surface area contributed by atoms with Crippen molar-refractivity contribution in [1.29, 1.82) is 0 Å². The Kier molecular flexibility index (Phi) is 5.43. The van der Waals surface area contributed by atoms with Gasteiger partial charge in [-0.15, -0.1) is 5.10 Å². The molecule has 1 amide bonds. The highest BCUT2D eigenvalue weighted by Gasteiger charge is 2.30. The van der Waals surface area contributed by atoms with Crippen LogP contribution in [0, 0.1) is 0 Å². The van der Waals surface area contributed by atoms with Gasteiger partial charge in [0, 0.05) is 31.7 Å². The van der Waals surface area contributed by atoms with Crippen LogP contribution in [0.25, 0.3) is 0 Å². The smallest absolute Gasteiger partial charge is 0.247 e. The number of hydrogen-bond donors (Lipinski definition) is 2. The van der Waals surface area contributed by atoms with Crippen molar-refractivity contribution in [3.63, 3.8) is 0 Å². The van der Waals surface area contributed by atoms with E-state index in [1.54, 1.807) is 10.9 Å². The van der Waals surface area contributed by atoms with Crippen LogP contribution in [0.3, 0.4) is 0 Å². The molecule has 24 heavy (non-hydrogen) atoms. The van der Waals surface area contributed by atoms with E-state index in [1.807, 2.05) is 11.8 Å². The average molecular weight is 336 g/mol. The standard InChI is InChI=1S/C15H28N8O/c1-11(23-10-12(19-20-23)9-18-14(16)17)13(24)21-5-7-22(8-6-21)15(2,3)4/h10-11H,5-9H2,1-4H3,(H4,16,17,18)/t11-/m0/s1. The van der Waals surface area contributed by atoms with E-state index >= 15 is 0 Å². The molecule has 1 atom stereocenters. The number of aromatic nitrogens is 3. The third kappa shape index (κ3) is 4.44. The zero-order valence-electron chi connectivity index (χ0n) is 14.9. The number of carbonyl (C=O) groups excluding carboxylic acids is 1. The van der Waals surface area contributed by atoms with E-state index < -0.39 is 6.04 Å². The highest BCUT2D eigenvalue weighted by Crippen LogP contribution is 2.18. The fourth-order valence-corrected chi connectivity index (χ4v) is 2.72. The molecule has 2 heterocycles. The number of piperazine rings is 1. The summed E-state index contributed by atoms with van der Waals surface area (Å²) in [5.74, 6) is 0.0623. The molecule has 0 unspecified atom stereocenters. The first-order valence-corrected chi connectivity index (χ1v) is 8.18. The Morgan fingerprint density at radius 2 is 1.92 bits per heavy atom. The molecule has 1 aromatic heterocycles. The number of guanidine groups is 1. The van der Waals surface area contributed by atoms with Crippen LogP contribution in [0.2, 0.25) is 0 Å². The Morgan fingerprint density at radius 1 is 1.29 bits per heavy atom. The molecule has 1 saturated heterocycles. The lowest BCUT2D eigenvalue weighted by Gasteiger charge is -2.42. The number of carbonyl (C=O) groups is 1. The predicted molar refractivity (Wildman–Crippen MR) is 92.2 cm³/mol. The van der Waals surface area contributed by atoms with Crippen LogP contribution in [0.4, 0.5) is 0 Å². The Morgan fingerprint density at radius 3 is 2.46 bits per heavy atom. The van der Waals surface area contributed by atoms with Gasteiger partial charge in [0.2, 0.25) is 5.91 Å². The highest BCUT2D eigenvalue weighted by molar-refractivity contribution is 5.80. The second-order valence-electron chi connectivity index (χ2n) is 7.09. The summed E-state index contributed by atoms with van der Waals surface area (Å²) in [5.41, 5.74) is 11.4. The lowest BCUT2D eigenvalue weighted by molar-refractivity contribution is -0.137. The number of aliphatic imine (C=N–C) groups is 1. The van der Waals surface area contributed by atoms with Gasteiger partial charge in [-0.3, -0.25) is 9.69 Å². The van der Waals surface area contributed by atoms with Crippen molar-refractivity contribution in [3.05, 3.63) is 11.9 Å². The molecule has 2 rings (SSSR count). The molecule has 9 nitrogen and oxygen atoms in total. The maximum atomic E-state index is 12.7. The fraction of sp³-hybridized carbons (Fsp3) is 0.733. The van der Waals surface area contributed by atoms with Crippen molar-refractivity contribution in [2.45, 2.75) is 45.8 Å². The normalized spacial score (nSPS) is 17.6. The van der Waals surface area contributed by atoms with Crippen molar-refractivity contribution < 1.29 is 4.79 Å². The summed E-state index contributed by atoms with van der Waals surface area (Å²) in [6.07, 6.45) is 1.71. The molecule has 1 aliphatic heterocycles. The van der Waals surface area contributed by atoms with Gasteiger partial charge in [0.05, 0.1) is 12.7 Å². The lowest BCUT2D eigenvalue weighted by Crippen LogP contribution is -2.55. The van der Waals surface area contributed by atoms with Crippen LogP contribution >= 0.6 is 0 Å². The summed E-state index contributed by atoms with van der Waals surface area (Å²) >= 11 is 0. The quantitative estimate of drug-likeness (QED) is 0.568. The molecule has 0 saturated carbocycles. The average Bonchev–Trinajstić information content (AvgIpc) is 2.99. The van der Waals surface area contributed by atoms with Crippen molar-refractivity contribution in [3.8, 4) is 0 Å². The SMILES string of the molecule is C[C@@H](C(=O)N1CCN(C(C)(C)C)CC1)n1cc(CN=C(N)N)nn1. The van der Waals surface area contributed by atoms with Crippen LogP contribution < -0.4 is 11.5 Å². The van der Waals surface area contributed by atoms with E-state index in [2.05, 4.69) is 41.0 Å². The maximum absolute atomic E-state index is 12.7. The van der Waals surface area contributed by atoms with Crippen molar-refractivity contribution >= 4 is 11.9 Å². The Hall–Kier alpha value is -2.16. The van der Waals surface area contributed by atoms with Gasteiger partial charge in [0.25, 0.3) is 0 Å². The monoisotopic (exact) mass is 336 g/mol. The van der Waals surface area contributed by atoms with Gasteiger partial charge in [-0.05, 0) is 27.7 Å². The first-order chi connectivity index (χ1) is 11.2. The number of amides is 1. The van der Waals surface area contributed by atoms with Gasteiger partial charge in [0.15, 0.2) is 5.96 Å². The number of nitrogens with two attached hydrogens (primary N) is 2. The van der Waals surface area contributed by atoms with E-state index in [0.29, 0.717) is 5.69 Å². The first-order valence-electron chi connectivity index (χ1n) is 8.18. The van der Waals surface area contributed by atoms with Gasteiger partial charge < -0.3 is 16.4 Å². The zero-order valence-corrected chi connectivity index (χ0v) is 14.9. The van der Waals surface area contributed by atoms with Crippen molar-refractivity contribution in [2.75, 3.05) is 26.2 Å². The summed E-state index contributed by atoms with van der Waals surface area (Å²) in [5, 5.41) is 8.02. The fourth-order valence-electron chi connectivity index (χ4n) is 2.72. The molecule has 1 aromatic rings. The molecule has 1 fully saturated rings. The number of rotatable bonds is 4. The van der Waals surface area contributed by atoms with Crippen LogP contribution in [-0.4, -0.2) is 68.4 Å². The third-order valence-corrected chi connectivity index (χ3v) is 4.28. The molecule has 0 radical (unpaired) electrons. The van der Waals surface area contributed by atoms with Gasteiger partial charge in [-0.2, -0.15) is 0 Å². The molecule has 0 aliphatic carbocycles. The van der Waals surface area contributed by atoms with Gasteiger partial charge in [-0.1, -0.05) is 5.21 Å². The van der Waals surface area contributed by atoms with E-state index in [1.165, 1.54) is 0 Å². The van der Waals surface area contributed by atoms with Crippen LogP contribution in [0.5, 0.6) is 0 Å². The van der Waals surface area contributed by atoms with Gasteiger partial charge >= 0.3 is 0 Å². The van der Waals surface area contributed by atoms with E-state index in [4.69, 9.17) is 11.5 Å². The van der Waals surface area contributed by atoms with E-state index in [-0.39, 0.29) is 24.0 Å². The summed E-state index contributed by atoms with van der Waals surface area (Å²) in [6, 6.07) is -0.397. The molecule has 134 valence electrons. The zero-order chi connectivity index (χ0) is 17.9. The second kappa shape index (κ2) is 7.16. The second-order valence-corrected chi connectivity index (χ2v) is 7.09. The molecule has 9 heteroatoms. The summed E-state index contributed by atoms with van der Waals surface area (Å²) < 4.78 is 1.57. The molecular formula is C15H28N8O. The minimum atomic E-state index is -0.397.